The molecule has 2 N–H and O–H groups in total. The summed E-state index contributed by atoms with van der Waals surface area (Å²) in [7, 11) is 0. The summed E-state index contributed by atoms with van der Waals surface area (Å²) in [5.74, 6) is 1.34. The molecule has 1 fully saturated rings. The lowest BCUT2D eigenvalue weighted by molar-refractivity contribution is 0.416. The predicted molar refractivity (Wildman–Crippen MR) is 61.1 cm³/mol. The summed E-state index contributed by atoms with van der Waals surface area (Å²) in [4.78, 5) is 9.44. The summed E-state index contributed by atoms with van der Waals surface area (Å²) in [6.45, 7) is 4.04. The number of aromatic nitrogens is 3. The van der Waals surface area contributed by atoms with Crippen LogP contribution >= 0.6 is 11.3 Å². The Morgan fingerprint density at radius 1 is 1.38 bits per heavy atom. The molecule has 16 heavy (non-hydrogen) atoms. The Balaban J connectivity index is 2.01. The van der Waals surface area contributed by atoms with E-state index in [0.717, 1.165) is 29.2 Å². The highest BCUT2D eigenvalue weighted by molar-refractivity contribution is 7.18. The first-order valence-corrected chi connectivity index (χ1v) is 5.98. The van der Waals surface area contributed by atoms with Gasteiger partial charge in [-0.05, 0) is 19.8 Å². The van der Waals surface area contributed by atoms with E-state index in [4.69, 9.17) is 10.3 Å². The molecule has 0 aromatic carbocycles. The fourth-order valence-electron chi connectivity index (χ4n) is 1.59. The van der Waals surface area contributed by atoms with Crippen molar-refractivity contribution in [2.45, 2.75) is 32.1 Å². The second-order valence-electron chi connectivity index (χ2n) is 4.45. The lowest BCUT2D eigenvalue weighted by Gasteiger charge is -1.96. The van der Waals surface area contributed by atoms with Gasteiger partial charge in [0.2, 0.25) is 0 Å². The standard InChI is InChI=1S/C10H12N4OS/c1-5-6(16-9(11)12-5)7-13-8(14-15-7)10(2)3-4-10/h3-4H2,1-2H3,(H2,11,12). The smallest absolute Gasteiger partial charge is 0.270 e. The SMILES string of the molecule is Cc1nc(N)sc1-c1nc(C2(C)CC2)no1. The first kappa shape index (κ1) is 9.77. The van der Waals surface area contributed by atoms with E-state index in [-0.39, 0.29) is 5.41 Å². The molecule has 0 saturated heterocycles. The van der Waals surface area contributed by atoms with Crippen LogP contribution in [0.1, 0.15) is 31.3 Å². The Kier molecular flexibility index (Phi) is 1.85. The van der Waals surface area contributed by atoms with E-state index in [0.29, 0.717) is 11.0 Å². The van der Waals surface area contributed by atoms with Gasteiger partial charge in [0.15, 0.2) is 11.0 Å². The molecule has 84 valence electrons. The molecule has 1 aliphatic carbocycles. The van der Waals surface area contributed by atoms with Crippen molar-refractivity contribution in [2.75, 3.05) is 5.73 Å². The lowest BCUT2D eigenvalue weighted by Crippen LogP contribution is -2.01. The van der Waals surface area contributed by atoms with Crippen molar-refractivity contribution in [1.29, 1.82) is 0 Å². The highest BCUT2D eigenvalue weighted by Gasteiger charge is 2.43. The molecule has 5 nitrogen and oxygen atoms in total. The molecule has 2 heterocycles. The zero-order valence-corrected chi connectivity index (χ0v) is 9.97. The average Bonchev–Trinajstić information content (AvgIpc) is 2.70. The molecular weight excluding hydrogens is 224 g/mol. The predicted octanol–water partition coefficient (Wildman–Crippen LogP) is 2.14. The second kappa shape index (κ2) is 3.04. The number of nitrogens with two attached hydrogens (primary N) is 1. The zero-order chi connectivity index (χ0) is 11.3. The van der Waals surface area contributed by atoms with E-state index >= 15 is 0 Å². The molecule has 0 unspecified atom stereocenters. The minimum atomic E-state index is 0.131. The number of nitrogen functional groups attached to an aromatic ring is 1. The van der Waals surface area contributed by atoms with E-state index in [9.17, 15) is 0 Å². The van der Waals surface area contributed by atoms with Gasteiger partial charge >= 0.3 is 0 Å². The summed E-state index contributed by atoms with van der Waals surface area (Å²) in [5.41, 5.74) is 6.62. The van der Waals surface area contributed by atoms with Crippen molar-refractivity contribution in [3.05, 3.63) is 11.5 Å². The highest BCUT2D eigenvalue weighted by atomic mass is 32.1. The largest absolute Gasteiger partial charge is 0.375 e. The van der Waals surface area contributed by atoms with Gasteiger partial charge in [-0.3, -0.25) is 0 Å². The monoisotopic (exact) mass is 236 g/mol. The van der Waals surface area contributed by atoms with Crippen LogP contribution in [0.2, 0.25) is 0 Å². The molecule has 3 rings (SSSR count). The number of nitrogens with zero attached hydrogens (tertiary/aromatic N) is 3. The van der Waals surface area contributed by atoms with Crippen molar-refractivity contribution in [3.8, 4) is 10.8 Å². The van der Waals surface area contributed by atoms with Crippen LogP contribution in [0.3, 0.4) is 0 Å². The fourth-order valence-corrected chi connectivity index (χ4v) is 2.34. The summed E-state index contributed by atoms with van der Waals surface area (Å²) in [6.07, 6.45) is 2.27. The van der Waals surface area contributed by atoms with E-state index in [2.05, 4.69) is 22.0 Å². The van der Waals surface area contributed by atoms with Crippen LogP contribution in [0.4, 0.5) is 5.13 Å². The Labute approximate surface area is 96.7 Å². The summed E-state index contributed by atoms with van der Waals surface area (Å²) in [5, 5.41) is 4.56. The highest BCUT2D eigenvalue weighted by Crippen LogP contribution is 2.46. The van der Waals surface area contributed by atoms with Crippen molar-refractivity contribution >= 4 is 16.5 Å². The quantitative estimate of drug-likeness (QED) is 0.864. The average molecular weight is 236 g/mol. The summed E-state index contributed by atoms with van der Waals surface area (Å²) < 4.78 is 5.27. The molecule has 0 radical (unpaired) electrons. The molecule has 2 aromatic heterocycles. The zero-order valence-electron chi connectivity index (χ0n) is 9.15. The van der Waals surface area contributed by atoms with Crippen LogP contribution in [0.25, 0.3) is 10.8 Å². The van der Waals surface area contributed by atoms with Crippen molar-refractivity contribution < 1.29 is 4.52 Å². The van der Waals surface area contributed by atoms with Gasteiger partial charge in [0, 0.05) is 5.41 Å². The van der Waals surface area contributed by atoms with Crippen LogP contribution < -0.4 is 5.73 Å². The molecule has 1 saturated carbocycles. The number of anilines is 1. The summed E-state index contributed by atoms with van der Waals surface area (Å²) >= 11 is 1.38. The maximum atomic E-state index is 5.64. The van der Waals surface area contributed by atoms with Crippen LogP contribution in [0.5, 0.6) is 0 Å². The molecular formula is C10H12N4OS. The Hall–Kier alpha value is -1.43. The Morgan fingerprint density at radius 3 is 2.69 bits per heavy atom. The Bertz CT molecular complexity index is 541. The number of rotatable bonds is 2. The summed E-state index contributed by atoms with van der Waals surface area (Å²) in [6, 6.07) is 0. The molecule has 0 spiro atoms. The molecule has 0 atom stereocenters. The maximum Gasteiger partial charge on any atom is 0.270 e. The molecule has 1 aliphatic rings. The first-order valence-electron chi connectivity index (χ1n) is 5.16. The van der Waals surface area contributed by atoms with Crippen molar-refractivity contribution in [3.63, 3.8) is 0 Å². The Morgan fingerprint density at radius 2 is 2.12 bits per heavy atom. The maximum absolute atomic E-state index is 5.64. The fraction of sp³-hybridized carbons (Fsp3) is 0.500. The van der Waals surface area contributed by atoms with Gasteiger partial charge in [0.1, 0.15) is 4.88 Å². The minimum Gasteiger partial charge on any atom is -0.375 e. The van der Waals surface area contributed by atoms with E-state index in [1.54, 1.807) is 0 Å². The second-order valence-corrected chi connectivity index (χ2v) is 5.48. The topological polar surface area (TPSA) is 77.8 Å². The first-order chi connectivity index (χ1) is 7.58. The van der Waals surface area contributed by atoms with Crippen molar-refractivity contribution in [1.82, 2.24) is 15.1 Å². The van der Waals surface area contributed by atoms with Crippen LogP contribution in [0, 0.1) is 6.92 Å². The van der Waals surface area contributed by atoms with Crippen LogP contribution in [0.15, 0.2) is 4.52 Å². The van der Waals surface area contributed by atoms with Crippen LogP contribution in [-0.4, -0.2) is 15.1 Å². The van der Waals surface area contributed by atoms with Gasteiger partial charge in [-0.25, -0.2) is 4.98 Å². The number of hydrogen-bond acceptors (Lipinski definition) is 6. The molecule has 0 bridgehead atoms. The van der Waals surface area contributed by atoms with Crippen molar-refractivity contribution in [2.24, 2.45) is 0 Å². The number of aryl methyl sites for hydroxylation is 1. The van der Waals surface area contributed by atoms with Gasteiger partial charge in [-0.15, -0.1) is 0 Å². The lowest BCUT2D eigenvalue weighted by atomic mass is 10.1. The third kappa shape index (κ3) is 1.41. The molecule has 0 aliphatic heterocycles. The van der Waals surface area contributed by atoms with Gasteiger partial charge < -0.3 is 10.3 Å². The van der Waals surface area contributed by atoms with E-state index in [1.807, 2.05) is 6.92 Å². The number of thiazole rings is 1. The number of hydrogen-bond donors (Lipinski definition) is 1. The molecule has 2 aromatic rings. The minimum absolute atomic E-state index is 0.131. The van der Waals surface area contributed by atoms with E-state index in [1.165, 1.54) is 11.3 Å². The third-order valence-corrected chi connectivity index (χ3v) is 3.95. The van der Waals surface area contributed by atoms with Crippen LogP contribution in [-0.2, 0) is 5.41 Å². The molecule has 0 amide bonds. The van der Waals surface area contributed by atoms with Gasteiger partial charge in [0.05, 0.1) is 5.69 Å². The molecule has 6 heteroatoms. The van der Waals surface area contributed by atoms with Gasteiger partial charge in [0.25, 0.3) is 5.89 Å². The third-order valence-electron chi connectivity index (χ3n) is 2.97. The van der Waals surface area contributed by atoms with E-state index < -0.39 is 0 Å². The van der Waals surface area contributed by atoms with Gasteiger partial charge in [-0.2, -0.15) is 4.98 Å². The van der Waals surface area contributed by atoms with Gasteiger partial charge in [-0.1, -0.05) is 23.4 Å². The normalized spacial score (nSPS) is 17.6.